The molecule has 1 aliphatic heterocycles. The van der Waals surface area contributed by atoms with Gasteiger partial charge in [0.15, 0.2) is 0 Å². The predicted octanol–water partition coefficient (Wildman–Crippen LogP) is 4.20. The highest BCUT2D eigenvalue weighted by Crippen LogP contribution is 2.24. The van der Waals surface area contributed by atoms with Gasteiger partial charge in [0.1, 0.15) is 0 Å². The lowest BCUT2D eigenvalue weighted by molar-refractivity contribution is 0.197. The summed E-state index contributed by atoms with van der Waals surface area (Å²) in [6, 6.07) is 7.92. The molecule has 1 aromatic carbocycles. The van der Waals surface area contributed by atoms with Gasteiger partial charge in [0.05, 0.1) is 0 Å². The SMILES string of the molecule is CC(C)(CNC(=O)N1CCCCCC1)c1ccc(Cl)cc1. The molecule has 21 heavy (non-hydrogen) atoms. The van der Waals surface area contributed by atoms with Crippen LogP contribution in [0.25, 0.3) is 0 Å². The number of benzene rings is 1. The van der Waals surface area contributed by atoms with Crippen molar-refractivity contribution in [2.45, 2.75) is 44.9 Å². The summed E-state index contributed by atoms with van der Waals surface area (Å²) in [5.74, 6) is 0. The van der Waals surface area contributed by atoms with E-state index in [9.17, 15) is 4.79 Å². The van der Waals surface area contributed by atoms with E-state index in [0.717, 1.165) is 31.0 Å². The zero-order valence-electron chi connectivity index (χ0n) is 13.0. The molecule has 0 bridgehead atoms. The van der Waals surface area contributed by atoms with E-state index >= 15 is 0 Å². The number of rotatable bonds is 3. The molecule has 0 atom stereocenters. The molecule has 2 rings (SSSR count). The molecule has 1 aliphatic rings. The van der Waals surface area contributed by atoms with Crippen molar-refractivity contribution >= 4 is 17.6 Å². The topological polar surface area (TPSA) is 32.3 Å². The number of amides is 2. The third-order valence-corrected chi connectivity index (χ3v) is 4.45. The molecule has 0 aliphatic carbocycles. The van der Waals surface area contributed by atoms with Crippen LogP contribution in [0.2, 0.25) is 5.02 Å². The summed E-state index contributed by atoms with van der Waals surface area (Å²) < 4.78 is 0. The predicted molar refractivity (Wildman–Crippen MR) is 87.9 cm³/mol. The molecule has 0 aromatic heterocycles. The molecule has 4 heteroatoms. The van der Waals surface area contributed by atoms with Gasteiger partial charge in [0, 0.05) is 30.1 Å². The minimum Gasteiger partial charge on any atom is -0.337 e. The van der Waals surface area contributed by atoms with Gasteiger partial charge in [-0.1, -0.05) is 50.4 Å². The highest BCUT2D eigenvalue weighted by Gasteiger charge is 2.23. The summed E-state index contributed by atoms with van der Waals surface area (Å²) in [5, 5.41) is 3.83. The lowest BCUT2D eigenvalue weighted by atomic mass is 9.85. The maximum Gasteiger partial charge on any atom is 0.317 e. The van der Waals surface area contributed by atoms with Gasteiger partial charge in [0.25, 0.3) is 0 Å². The summed E-state index contributed by atoms with van der Waals surface area (Å²) in [6.07, 6.45) is 4.71. The van der Waals surface area contributed by atoms with Gasteiger partial charge in [-0.05, 0) is 30.5 Å². The van der Waals surface area contributed by atoms with Crippen molar-refractivity contribution in [2.75, 3.05) is 19.6 Å². The first-order valence-corrected chi connectivity index (χ1v) is 8.16. The Morgan fingerprint density at radius 1 is 1.14 bits per heavy atom. The molecule has 0 saturated carbocycles. The van der Waals surface area contributed by atoms with Crippen LogP contribution < -0.4 is 5.32 Å². The van der Waals surface area contributed by atoms with Crippen LogP contribution in [0.1, 0.15) is 45.1 Å². The Bertz CT molecular complexity index is 462. The highest BCUT2D eigenvalue weighted by molar-refractivity contribution is 6.30. The van der Waals surface area contributed by atoms with Gasteiger partial charge in [-0.25, -0.2) is 4.79 Å². The number of nitrogens with one attached hydrogen (secondary N) is 1. The number of carbonyl (C=O) groups excluding carboxylic acids is 1. The molecule has 1 fully saturated rings. The van der Waals surface area contributed by atoms with Crippen LogP contribution in [0.5, 0.6) is 0 Å². The van der Waals surface area contributed by atoms with Gasteiger partial charge < -0.3 is 10.2 Å². The number of nitrogens with zero attached hydrogens (tertiary/aromatic N) is 1. The van der Waals surface area contributed by atoms with Gasteiger partial charge in [-0.15, -0.1) is 0 Å². The quantitative estimate of drug-likeness (QED) is 0.891. The van der Waals surface area contributed by atoms with Crippen molar-refractivity contribution in [3.8, 4) is 0 Å². The number of hydrogen-bond donors (Lipinski definition) is 1. The van der Waals surface area contributed by atoms with E-state index in [2.05, 4.69) is 19.2 Å². The van der Waals surface area contributed by atoms with E-state index in [1.165, 1.54) is 18.4 Å². The van der Waals surface area contributed by atoms with E-state index in [4.69, 9.17) is 11.6 Å². The molecule has 2 amide bonds. The van der Waals surface area contributed by atoms with Gasteiger partial charge in [-0.2, -0.15) is 0 Å². The van der Waals surface area contributed by atoms with Crippen LogP contribution in [0.3, 0.4) is 0 Å². The maximum atomic E-state index is 12.3. The second kappa shape index (κ2) is 7.17. The van der Waals surface area contributed by atoms with Crippen LogP contribution in [-0.2, 0) is 5.41 Å². The smallest absolute Gasteiger partial charge is 0.317 e. The molecule has 3 nitrogen and oxygen atoms in total. The van der Waals surface area contributed by atoms with Gasteiger partial charge in [0.2, 0.25) is 0 Å². The highest BCUT2D eigenvalue weighted by atomic mass is 35.5. The van der Waals surface area contributed by atoms with E-state index < -0.39 is 0 Å². The summed E-state index contributed by atoms with van der Waals surface area (Å²) in [5.41, 5.74) is 1.08. The van der Waals surface area contributed by atoms with E-state index in [0.29, 0.717) is 6.54 Å². The van der Waals surface area contributed by atoms with Crippen molar-refractivity contribution < 1.29 is 4.79 Å². The summed E-state index contributed by atoms with van der Waals surface area (Å²) in [4.78, 5) is 14.2. The number of carbonyl (C=O) groups is 1. The molecule has 1 heterocycles. The second-order valence-electron chi connectivity index (χ2n) is 6.45. The maximum absolute atomic E-state index is 12.3. The van der Waals surface area contributed by atoms with Crippen molar-refractivity contribution in [3.05, 3.63) is 34.9 Å². The van der Waals surface area contributed by atoms with Crippen LogP contribution in [0, 0.1) is 0 Å². The third-order valence-electron chi connectivity index (χ3n) is 4.20. The first kappa shape index (κ1) is 16.2. The Balaban J connectivity index is 1.91. The lowest BCUT2D eigenvalue weighted by Gasteiger charge is -2.28. The van der Waals surface area contributed by atoms with Crippen LogP contribution >= 0.6 is 11.6 Å². The van der Waals surface area contributed by atoms with E-state index in [-0.39, 0.29) is 11.4 Å². The molecular formula is C17H25ClN2O. The molecular weight excluding hydrogens is 284 g/mol. The average Bonchev–Trinajstić information content (AvgIpc) is 2.74. The van der Waals surface area contributed by atoms with Gasteiger partial charge in [-0.3, -0.25) is 0 Å². The van der Waals surface area contributed by atoms with Crippen LogP contribution in [0.4, 0.5) is 4.79 Å². The van der Waals surface area contributed by atoms with Gasteiger partial charge >= 0.3 is 6.03 Å². The normalized spacial score (nSPS) is 16.4. The Labute approximate surface area is 132 Å². The molecule has 116 valence electrons. The minimum absolute atomic E-state index is 0.0685. The Morgan fingerprint density at radius 2 is 1.71 bits per heavy atom. The number of halogens is 1. The van der Waals surface area contributed by atoms with Crippen LogP contribution in [0.15, 0.2) is 24.3 Å². The molecule has 0 spiro atoms. The van der Waals surface area contributed by atoms with Crippen molar-refractivity contribution in [3.63, 3.8) is 0 Å². The third kappa shape index (κ3) is 4.63. The van der Waals surface area contributed by atoms with Crippen molar-refractivity contribution in [1.82, 2.24) is 10.2 Å². The monoisotopic (exact) mass is 308 g/mol. The fourth-order valence-corrected chi connectivity index (χ4v) is 2.81. The molecule has 1 saturated heterocycles. The zero-order chi connectivity index (χ0) is 15.3. The fourth-order valence-electron chi connectivity index (χ4n) is 2.69. The number of urea groups is 1. The van der Waals surface area contributed by atoms with Crippen LogP contribution in [-0.4, -0.2) is 30.6 Å². The minimum atomic E-state index is -0.105. The standard InChI is InChI=1S/C17H25ClN2O/c1-17(2,14-7-9-15(18)10-8-14)13-19-16(21)20-11-5-3-4-6-12-20/h7-10H,3-6,11-13H2,1-2H3,(H,19,21). The van der Waals surface area contributed by atoms with Crippen molar-refractivity contribution in [2.24, 2.45) is 0 Å². The Morgan fingerprint density at radius 3 is 2.29 bits per heavy atom. The van der Waals surface area contributed by atoms with E-state index in [1.807, 2.05) is 29.2 Å². The summed E-state index contributed by atoms with van der Waals surface area (Å²) in [7, 11) is 0. The number of hydrogen-bond acceptors (Lipinski definition) is 1. The second-order valence-corrected chi connectivity index (χ2v) is 6.89. The zero-order valence-corrected chi connectivity index (χ0v) is 13.7. The lowest BCUT2D eigenvalue weighted by Crippen LogP contribution is -2.45. The molecule has 0 unspecified atom stereocenters. The van der Waals surface area contributed by atoms with E-state index in [1.54, 1.807) is 0 Å². The number of likely N-dealkylation sites (tertiary alicyclic amines) is 1. The summed E-state index contributed by atoms with van der Waals surface area (Å²) >= 11 is 5.93. The average molecular weight is 309 g/mol. The molecule has 1 N–H and O–H groups in total. The largest absolute Gasteiger partial charge is 0.337 e. The summed E-state index contributed by atoms with van der Waals surface area (Å²) in [6.45, 7) is 6.67. The first-order valence-electron chi connectivity index (χ1n) is 7.78. The molecule has 0 radical (unpaired) electrons. The Kier molecular flexibility index (Phi) is 5.51. The Hall–Kier alpha value is -1.22. The molecule has 1 aromatic rings. The first-order chi connectivity index (χ1) is 9.99. The van der Waals surface area contributed by atoms with Crippen molar-refractivity contribution in [1.29, 1.82) is 0 Å². The fraction of sp³-hybridized carbons (Fsp3) is 0.588.